The van der Waals surface area contributed by atoms with Crippen LogP contribution in [0.5, 0.6) is 11.8 Å². The first-order valence-electron chi connectivity index (χ1n) is 9.96. The van der Waals surface area contributed by atoms with Crippen molar-refractivity contribution < 1.29 is 22.6 Å². The first-order chi connectivity index (χ1) is 14.9. The van der Waals surface area contributed by atoms with Crippen molar-refractivity contribution in [3.8, 4) is 11.8 Å². The lowest BCUT2D eigenvalue weighted by atomic mass is 10.2. The van der Waals surface area contributed by atoms with Crippen molar-refractivity contribution in [1.29, 1.82) is 0 Å². The highest BCUT2D eigenvalue weighted by molar-refractivity contribution is 5.64. The van der Waals surface area contributed by atoms with Gasteiger partial charge in [-0.3, -0.25) is 0 Å². The highest BCUT2D eigenvalue weighted by Gasteiger charge is 2.36. The van der Waals surface area contributed by atoms with Crippen molar-refractivity contribution >= 4 is 11.5 Å². The minimum atomic E-state index is -4.61. The molecule has 0 unspecified atom stereocenters. The Morgan fingerprint density at radius 3 is 2.48 bits per heavy atom. The van der Waals surface area contributed by atoms with Crippen molar-refractivity contribution in [2.45, 2.75) is 32.5 Å². The Hall–Kier alpha value is -3.29. The molecule has 2 aromatic carbocycles. The van der Waals surface area contributed by atoms with E-state index >= 15 is 0 Å². The van der Waals surface area contributed by atoms with Gasteiger partial charge in [0.1, 0.15) is 17.9 Å². The quantitative estimate of drug-likeness (QED) is 0.388. The maximum absolute atomic E-state index is 13.6. The Morgan fingerprint density at radius 1 is 1.00 bits per heavy atom. The number of hydrogen-bond donors (Lipinski definition) is 0. The van der Waals surface area contributed by atoms with Gasteiger partial charge in [-0.05, 0) is 24.1 Å². The van der Waals surface area contributed by atoms with Crippen LogP contribution in [0.4, 0.5) is 24.7 Å². The summed E-state index contributed by atoms with van der Waals surface area (Å²) in [6.45, 7) is 2.75. The van der Waals surface area contributed by atoms with Gasteiger partial charge < -0.3 is 14.4 Å². The zero-order valence-corrected chi connectivity index (χ0v) is 17.4. The summed E-state index contributed by atoms with van der Waals surface area (Å²) in [6.07, 6.45) is -1.98. The monoisotopic (exact) mass is 431 g/mol. The van der Waals surface area contributed by atoms with E-state index in [1.165, 1.54) is 11.9 Å². The fraction of sp³-hybridized carbons (Fsp3) is 0.304. The topological polar surface area (TPSA) is 47.5 Å². The lowest BCUT2D eigenvalue weighted by molar-refractivity contribution is -0.137. The second kappa shape index (κ2) is 10.1. The molecule has 0 amide bonds. The summed E-state index contributed by atoms with van der Waals surface area (Å²) in [4.78, 5) is 9.18. The fourth-order valence-electron chi connectivity index (χ4n) is 2.84. The van der Waals surface area contributed by atoms with Crippen LogP contribution in [-0.4, -0.2) is 23.6 Å². The molecule has 0 N–H and O–H groups in total. The summed E-state index contributed by atoms with van der Waals surface area (Å²) in [5, 5.41) is 0. The summed E-state index contributed by atoms with van der Waals surface area (Å²) in [5.74, 6) is 0.289. The molecule has 3 rings (SSSR count). The molecule has 0 aliphatic heterocycles. The molecule has 0 atom stereocenters. The summed E-state index contributed by atoms with van der Waals surface area (Å²) < 4.78 is 52.1. The molecule has 0 bridgehead atoms. The zero-order valence-electron chi connectivity index (χ0n) is 17.4. The summed E-state index contributed by atoms with van der Waals surface area (Å²) >= 11 is 0. The van der Waals surface area contributed by atoms with Crippen LogP contribution in [0.2, 0.25) is 0 Å². The molecule has 0 spiro atoms. The molecule has 31 heavy (non-hydrogen) atoms. The number of rotatable bonds is 9. The maximum atomic E-state index is 13.6. The van der Waals surface area contributed by atoms with Gasteiger partial charge >= 0.3 is 12.2 Å². The van der Waals surface area contributed by atoms with Crippen LogP contribution in [-0.2, 0) is 12.8 Å². The Balaban J connectivity index is 1.87. The zero-order chi connectivity index (χ0) is 22.3. The smallest absolute Gasteiger partial charge is 0.421 e. The average molecular weight is 431 g/mol. The average Bonchev–Trinajstić information content (AvgIpc) is 2.77. The van der Waals surface area contributed by atoms with Crippen LogP contribution in [0.15, 0.2) is 60.8 Å². The van der Waals surface area contributed by atoms with Crippen LogP contribution in [0.3, 0.4) is 0 Å². The number of benzene rings is 2. The molecule has 5 nitrogen and oxygen atoms in total. The van der Waals surface area contributed by atoms with Crippen LogP contribution in [0, 0.1) is 0 Å². The second-order valence-electron chi connectivity index (χ2n) is 6.92. The van der Waals surface area contributed by atoms with E-state index in [4.69, 9.17) is 9.47 Å². The Morgan fingerprint density at radius 2 is 1.77 bits per heavy atom. The fourth-order valence-corrected chi connectivity index (χ4v) is 2.84. The van der Waals surface area contributed by atoms with Crippen molar-refractivity contribution in [3.63, 3.8) is 0 Å². The number of hydrogen-bond acceptors (Lipinski definition) is 5. The lowest BCUT2D eigenvalue weighted by Crippen LogP contribution is -2.19. The van der Waals surface area contributed by atoms with Gasteiger partial charge in [0.2, 0.25) is 0 Å². The Kier molecular flexibility index (Phi) is 7.33. The number of halogens is 3. The van der Waals surface area contributed by atoms with E-state index in [2.05, 4.69) is 16.9 Å². The van der Waals surface area contributed by atoms with Gasteiger partial charge in [-0.25, -0.2) is 4.98 Å². The molecule has 0 radical (unpaired) electrons. The second-order valence-corrected chi connectivity index (χ2v) is 6.92. The number of nitrogens with zero attached hydrogens (tertiary/aromatic N) is 3. The van der Waals surface area contributed by atoms with Gasteiger partial charge in [0.25, 0.3) is 0 Å². The van der Waals surface area contributed by atoms with Gasteiger partial charge in [0.15, 0.2) is 5.82 Å². The summed E-state index contributed by atoms with van der Waals surface area (Å²) in [6, 6.07) is 16.0. The normalized spacial score (nSPS) is 11.3. The van der Waals surface area contributed by atoms with Crippen molar-refractivity contribution in [2.24, 2.45) is 0 Å². The molecule has 8 heteroatoms. The van der Waals surface area contributed by atoms with E-state index in [9.17, 15) is 13.2 Å². The number of alkyl halides is 3. The molecule has 1 aromatic heterocycles. The highest BCUT2D eigenvalue weighted by Crippen LogP contribution is 2.38. The molecule has 3 aromatic rings. The van der Waals surface area contributed by atoms with Crippen LogP contribution in [0.1, 0.15) is 30.9 Å². The van der Waals surface area contributed by atoms with Gasteiger partial charge in [-0.2, -0.15) is 18.2 Å². The summed E-state index contributed by atoms with van der Waals surface area (Å²) in [5.41, 5.74) is 0.421. The standard InChI is InChI=1S/C23H24F3N3O2/c1-3-4-13-30-19-12-8-11-18(14-19)29(2)21-20(23(24,25)26)15-27-22(28-21)31-16-17-9-6-5-7-10-17/h5-12,14-15H,3-4,13,16H2,1-2H3. The van der Waals surface area contributed by atoms with Gasteiger partial charge in [-0.15, -0.1) is 0 Å². The van der Waals surface area contributed by atoms with Crippen molar-refractivity contribution in [1.82, 2.24) is 9.97 Å². The molecule has 1 heterocycles. The van der Waals surface area contributed by atoms with E-state index < -0.39 is 11.7 Å². The molecule has 0 saturated carbocycles. The molecule has 0 saturated heterocycles. The Labute approximate surface area is 179 Å². The van der Waals surface area contributed by atoms with Gasteiger partial charge in [-0.1, -0.05) is 49.7 Å². The summed E-state index contributed by atoms with van der Waals surface area (Å²) in [7, 11) is 1.52. The number of anilines is 2. The van der Waals surface area contributed by atoms with Crippen molar-refractivity contribution in [2.75, 3.05) is 18.6 Å². The first kappa shape index (κ1) is 22.4. The number of unbranched alkanes of at least 4 members (excludes halogenated alkanes) is 1. The van der Waals surface area contributed by atoms with E-state index in [1.807, 2.05) is 30.3 Å². The molecule has 0 aliphatic rings. The van der Waals surface area contributed by atoms with Crippen LogP contribution >= 0.6 is 0 Å². The van der Waals surface area contributed by atoms with E-state index in [-0.39, 0.29) is 18.4 Å². The highest BCUT2D eigenvalue weighted by atomic mass is 19.4. The lowest BCUT2D eigenvalue weighted by Gasteiger charge is -2.23. The third-order valence-electron chi connectivity index (χ3n) is 4.55. The minimum absolute atomic E-state index is 0.131. The number of aromatic nitrogens is 2. The van der Waals surface area contributed by atoms with E-state index in [0.717, 1.165) is 24.6 Å². The van der Waals surface area contributed by atoms with Crippen molar-refractivity contribution in [3.05, 3.63) is 71.9 Å². The minimum Gasteiger partial charge on any atom is -0.494 e. The van der Waals surface area contributed by atoms with Gasteiger partial charge in [0.05, 0.1) is 6.61 Å². The first-order valence-corrected chi connectivity index (χ1v) is 9.96. The predicted octanol–water partition coefficient (Wildman–Crippen LogP) is 6.02. The molecular formula is C23H24F3N3O2. The maximum Gasteiger partial charge on any atom is 0.421 e. The van der Waals surface area contributed by atoms with E-state index in [1.54, 1.807) is 24.3 Å². The number of ether oxygens (including phenoxy) is 2. The van der Waals surface area contributed by atoms with Crippen LogP contribution < -0.4 is 14.4 Å². The third kappa shape index (κ3) is 6.10. The SMILES string of the molecule is CCCCOc1cccc(N(C)c2nc(OCc3ccccc3)ncc2C(F)(F)F)c1. The Bertz CT molecular complexity index is 981. The predicted molar refractivity (Wildman–Crippen MR) is 113 cm³/mol. The third-order valence-corrected chi connectivity index (χ3v) is 4.55. The van der Waals surface area contributed by atoms with Crippen LogP contribution in [0.25, 0.3) is 0 Å². The molecule has 0 aliphatic carbocycles. The van der Waals surface area contributed by atoms with Gasteiger partial charge in [0, 0.05) is 25.0 Å². The molecule has 164 valence electrons. The van der Waals surface area contributed by atoms with E-state index in [0.29, 0.717) is 18.0 Å². The molecule has 0 fully saturated rings. The molecular weight excluding hydrogens is 407 g/mol. The largest absolute Gasteiger partial charge is 0.494 e.